The van der Waals surface area contributed by atoms with Gasteiger partial charge in [-0.2, -0.15) is 4.31 Å². The summed E-state index contributed by atoms with van der Waals surface area (Å²) in [7, 11) is -1.96. The smallest absolute Gasteiger partial charge is 0.253 e. The van der Waals surface area contributed by atoms with Gasteiger partial charge in [-0.1, -0.05) is 13.8 Å². The maximum atomic E-state index is 12.7. The van der Waals surface area contributed by atoms with E-state index in [1.165, 1.54) is 16.4 Å². The van der Waals surface area contributed by atoms with E-state index in [1.54, 1.807) is 19.2 Å². The van der Waals surface area contributed by atoms with Crippen molar-refractivity contribution in [3.63, 3.8) is 0 Å². The molecule has 0 radical (unpaired) electrons. The quantitative estimate of drug-likeness (QED) is 0.757. The number of sulfonamides is 1. The van der Waals surface area contributed by atoms with Gasteiger partial charge >= 0.3 is 0 Å². The average molecular weight is 382 g/mol. The maximum absolute atomic E-state index is 12.7. The number of carbonyl (C=O) groups is 1. The van der Waals surface area contributed by atoms with E-state index in [-0.39, 0.29) is 16.8 Å². The number of carbonyl (C=O) groups excluding carboxylic acids is 1. The molecule has 0 unspecified atom stereocenters. The first-order chi connectivity index (χ1) is 12.1. The summed E-state index contributed by atoms with van der Waals surface area (Å²) in [6, 6.07) is 6.16. The van der Waals surface area contributed by atoms with Crippen LogP contribution in [0, 0.1) is 5.92 Å². The lowest BCUT2D eigenvalue weighted by Gasteiger charge is -2.35. The van der Waals surface area contributed by atoms with Gasteiger partial charge < -0.3 is 4.90 Å². The summed E-state index contributed by atoms with van der Waals surface area (Å²) < 4.78 is 26.3. The summed E-state index contributed by atoms with van der Waals surface area (Å²) in [6.45, 7) is 12.3. The molecule has 0 aliphatic carbocycles. The van der Waals surface area contributed by atoms with Crippen LogP contribution in [-0.2, 0) is 10.0 Å². The van der Waals surface area contributed by atoms with Crippen LogP contribution in [0.25, 0.3) is 0 Å². The normalized spacial score (nSPS) is 16.7. The van der Waals surface area contributed by atoms with Crippen molar-refractivity contribution in [3.05, 3.63) is 29.8 Å². The molecular weight excluding hydrogens is 350 g/mol. The highest BCUT2D eigenvalue weighted by molar-refractivity contribution is 7.89. The molecule has 1 aromatic carbocycles. The van der Waals surface area contributed by atoms with Crippen molar-refractivity contribution in [1.82, 2.24) is 14.1 Å². The second-order valence-corrected chi connectivity index (χ2v) is 9.62. The van der Waals surface area contributed by atoms with E-state index < -0.39 is 10.0 Å². The molecule has 0 bridgehead atoms. The van der Waals surface area contributed by atoms with Crippen molar-refractivity contribution in [3.8, 4) is 0 Å². The molecule has 0 N–H and O–H groups in total. The second-order valence-electron chi connectivity index (χ2n) is 7.63. The van der Waals surface area contributed by atoms with Gasteiger partial charge in [0.25, 0.3) is 5.91 Å². The monoisotopic (exact) mass is 381 g/mol. The van der Waals surface area contributed by atoms with E-state index in [4.69, 9.17) is 0 Å². The molecule has 7 heteroatoms. The molecule has 1 saturated heterocycles. The lowest BCUT2D eigenvalue weighted by molar-refractivity contribution is 0.0623. The van der Waals surface area contributed by atoms with Crippen molar-refractivity contribution < 1.29 is 13.2 Å². The van der Waals surface area contributed by atoms with Crippen molar-refractivity contribution in [2.45, 2.75) is 38.6 Å². The second kappa shape index (κ2) is 8.50. The van der Waals surface area contributed by atoms with Crippen molar-refractivity contribution in [2.75, 3.05) is 39.8 Å². The van der Waals surface area contributed by atoms with Gasteiger partial charge in [0.2, 0.25) is 10.0 Å². The molecule has 0 saturated carbocycles. The molecule has 1 fully saturated rings. The van der Waals surface area contributed by atoms with Crippen molar-refractivity contribution in [1.29, 1.82) is 0 Å². The predicted octanol–water partition coefficient (Wildman–Crippen LogP) is 2.13. The van der Waals surface area contributed by atoms with Gasteiger partial charge in [-0.15, -0.1) is 0 Å². The summed E-state index contributed by atoms with van der Waals surface area (Å²) in [5.74, 6) is 0.589. The van der Waals surface area contributed by atoms with Crippen LogP contribution in [0.1, 0.15) is 38.1 Å². The first-order valence-corrected chi connectivity index (χ1v) is 10.7. The van der Waals surface area contributed by atoms with Crippen LogP contribution < -0.4 is 0 Å². The zero-order chi connectivity index (χ0) is 19.5. The number of rotatable bonds is 6. The third-order valence-corrected chi connectivity index (χ3v) is 6.84. The standard InChI is InChI=1S/C19H31N3O3S/c1-15(2)14-21-10-12-22(13-11-21)19(23)17-6-8-18(9-7-17)26(24,25)20(5)16(3)4/h6-9,15-16H,10-14H2,1-5H3. The zero-order valence-electron chi connectivity index (χ0n) is 16.5. The first kappa shape index (κ1) is 20.9. The summed E-state index contributed by atoms with van der Waals surface area (Å²) in [6.07, 6.45) is 0. The fourth-order valence-corrected chi connectivity index (χ4v) is 4.41. The van der Waals surface area contributed by atoms with E-state index in [9.17, 15) is 13.2 Å². The molecule has 26 heavy (non-hydrogen) atoms. The zero-order valence-corrected chi connectivity index (χ0v) is 17.3. The van der Waals surface area contributed by atoms with Crippen LogP contribution in [0.5, 0.6) is 0 Å². The van der Waals surface area contributed by atoms with Crippen LogP contribution in [0.2, 0.25) is 0 Å². The Morgan fingerprint density at radius 2 is 1.58 bits per heavy atom. The van der Waals surface area contributed by atoms with E-state index in [1.807, 2.05) is 18.7 Å². The fourth-order valence-electron chi connectivity index (χ4n) is 3.05. The van der Waals surface area contributed by atoms with Gasteiger partial charge in [0.15, 0.2) is 0 Å². The topological polar surface area (TPSA) is 60.9 Å². The molecule has 1 heterocycles. The lowest BCUT2D eigenvalue weighted by Crippen LogP contribution is -2.49. The molecule has 6 nitrogen and oxygen atoms in total. The minimum Gasteiger partial charge on any atom is -0.336 e. The fraction of sp³-hybridized carbons (Fsp3) is 0.632. The Bertz CT molecular complexity index is 706. The SMILES string of the molecule is CC(C)CN1CCN(C(=O)c2ccc(S(=O)(=O)N(C)C(C)C)cc2)CC1. The van der Waals surface area contributed by atoms with Gasteiger partial charge in [-0.3, -0.25) is 9.69 Å². The minimum absolute atomic E-state index is 0.0321. The predicted molar refractivity (Wildman–Crippen MR) is 104 cm³/mol. The Morgan fingerprint density at radius 3 is 2.04 bits per heavy atom. The van der Waals surface area contributed by atoms with Crippen LogP contribution in [0.3, 0.4) is 0 Å². The van der Waals surface area contributed by atoms with E-state index >= 15 is 0 Å². The Morgan fingerprint density at radius 1 is 1.04 bits per heavy atom. The van der Waals surface area contributed by atoms with Gasteiger partial charge in [-0.25, -0.2) is 8.42 Å². The molecule has 1 amide bonds. The van der Waals surface area contributed by atoms with Crippen LogP contribution in [0.15, 0.2) is 29.2 Å². The third-order valence-electron chi connectivity index (χ3n) is 4.79. The summed E-state index contributed by atoms with van der Waals surface area (Å²) in [5.41, 5.74) is 0.536. The molecule has 1 aliphatic heterocycles. The van der Waals surface area contributed by atoms with Gasteiger partial charge in [0.05, 0.1) is 4.90 Å². The minimum atomic E-state index is -3.52. The summed E-state index contributed by atoms with van der Waals surface area (Å²) in [4.78, 5) is 17.1. The number of piperazine rings is 1. The van der Waals surface area contributed by atoms with Gasteiger partial charge in [0, 0.05) is 51.4 Å². The highest BCUT2D eigenvalue weighted by Crippen LogP contribution is 2.18. The van der Waals surface area contributed by atoms with Crippen molar-refractivity contribution in [2.24, 2.45) is 5.92 Å². The molecule has 2 rings (SSSR count). The molecule has 1 aromatic rings. The van der Waals surface area contributed by atoms with Gasteiger partial charge in [-0.05, 0) is 44.0 Å². The van der Waals surface area contributed by atoms with Crippen molar-refractivity contribution >= 4 is 15.9 Å². The highest BCUT2D eigenvalue weighted by atomic mass is 32.2. The summed E-state index contributed by atoms with van der Waals surface area (Å²) in [5, 5.41) is 0. The van der Waals surface area contributed by atoms with E-state index in [0.29, 0.717) is 24.6 Å². The molecule has 0 atom stereocenters. The number of nitrogens with zero attached hydrogens (tertiary/aromatic N) is 3. The van der Waals surface area contributed by atoms with Gasteiger partial charge in [0.1, 0.15) is 0 Å². The maximum Gasteiger partial charge on any atom is 0.253 e. The highest BCUT2D eigenvalue weighted by Gasteiger charge is 2.25. The first-order valence-electron chi connectivity index (χ1n) is 9.22. The largest absolute Gasteiger partial charge is 0.336 e. The Hall–Kier alpha value is -1.44. The van der Waals surface area contributed by atoms with Crippen LogP contribution in [-0.4, -0.2) is 74.2 Å². The number of amides is 1. The van der Waals surface area contributed by atoms with Crippen LogP contribution in [0.4, 0.5) is 0 Å². The van der Waals surface area contributed by atoms with E-state index in [2.05, 4.69) is 18.7 Å². The van der Waals surface area contributed by atoms with Crippen LogP contribution >= 0.6 is 0 Å². The molecule has 0 aromatic heterocycles. The molecular formula is C19H31N3O3S. The number of hydrogen-bond acceptors (Lipinski definition) is 4. The summed E-state index contributed by atoms with van der Waals surface area (Å²) >= 11 is 0. The number of hydrogen-bond donors (Lipinski definition) is 0. The Labute approximate surface area is 157 Å². The van der Waals surface area contributed by atoms with E-state index in [0.717, 1.165) is 19.6 Å². The number of benzene rings is 1. The molecule has 146 valence electrons. The Balaban J connectivity index is 2.04. The third kappa shape index (κ3) is 4.84. The lowest BCUT2D eigenvalue weighted by atomic mass is 10.1. The molecule has 1 aliphatic rings. The Kier molecular flexibility index (Phi) is 6.82. The average Bonchev–Trinajstić information content (AvgIpc) is 2.60. The molecule has 0 spiro atoms.